The second-order valence-electron chi connectivity index (χ2n) is 2.72. The van der Waals surface area contributed by atoms with Crippen molar-refractivity contribution < 1.29 is 22.4 Å². The van der Waals surface area contributed by atoms with Crippen LogP contribution in [0.2, 0.25) is 0 Å². The van der Waals surface area contributed by atoms with Crippen molar-refractivity contribution in [2.75, 3.05) is 0 Å². The second-order valence-corrected chi connectivity index (χ2v) is 2.72. The highest BCUT2D eigenvalue weighted by Gasteiger charge is 2.53. The molecule has 0 aromatic carbocycles. The first-order chi connectivity index (χ1) is 5.89. The van der Waals surface area contributed by atoms with Crippen molar-refractivity contribution in [3.8, 4) is 0 Å². The predicted molar refractivity (Wildman–Crippen MR) is 37.8 cm³/mol. The summed E-state index contributed by atoms with van der Waals surface area (Å²) in [6.07, 6.45) is -3.23. The zero-order valence-corrected chi connectivity index (χ0v) is 6.44. The second kappa shape index (κ2) is 2.97. The molecule has 0 aromatic heterocycles. The summed E-state index contributed by atoms with van der Waals surface area (Å²) < 4.78 is 49.1. The number of halogens is 4. The van der Waals surface area contributed by atoms with Crippen molar-refractivity contribution in [3.63, 3.8) is 0 Å². The fourth-order valence-electron chi connectivity index (χ4n) is 0.928. The van der Waals surface area contributed by atoms with Gasteiger partial charge in [-0.1, -0.05) is 12.2 Å². The summed E-state index contributed by atoms with van der Waals surface area (Å²) in [5, 5.41) is 0. The molecule has 13 heavy (non-hydrogen) atoms. The fraction of sp³-hybridized carbons (Fsp3) is 0.375. The molecule has 1 rings (SSSR count). The molecule has 0 saturated carbocycles. The lowest BCUT2D eigenvalue weighted by Crippen LogP contribution is -2.39. The van der Waals surface area contributed by atoms with Gasteiger partial charge in [0.25, 0.3) is 0 Å². The zero-order chi connectivity index (χ0) is 10.1. The van der Waals surface area contributed by atoms with Crippen LogP contribution in [-0.4, -0.2) is 18.1 Å². The molecule has 72 valence electrons. The van der Waals surface area contributed by atoms with E-state index in [0.29, 0.717) is 12.4 Å². The highest BCUT2D eigenvalue weighted by Crippen LogP contribution is 2.40. The largest absolute Gasteiger partial charge is 0.426 e. The number of carbonyl (C=O) groups is 1. The molecule has 1 unspecified atom stereocenters. The Balaban J connectivity index is 2.87. The predicted octanol–water partition coefficient (Wildman–Crippen LogP) is 2.34. The quantitative estimate of drug-likeness (QED) is 0.462. The summed E-state index contributed by atoms with van der Waals surface area (Å²) in [7, 11) is 0. The normalized spacial score (nSPS) is 28.5. The maximum Gasteiger partial charge on any atom is 0.426 e. The van der Waals surface area contributed by atoms with Crippen LogP contribution in [0.25, 0.3) is 0 Å². The van der Waals surface area contributed by atoms with Gasteiger partial charge >= 0.3 is 6.18 Å². The molecule has 0 heterocycles. The molecule has 0 fully saturated rings. The molecule has 0 saturated heterocycles. The molecule has 1 nitrogen and oxygen atoms in total. The first kappa shape index (κ1) is 9.95. The average Bonchev–Trinajstić information content (AvgIpc) is 2.04. The van der Waals surface area contributed by atoms with Crippen LogP contribution in [0.4, 0.5) is 17.6 Å². The Bertz CT molecular complexity index is 276. The van der Waals surface area contributed by atoms with E-state index in [4.69, 9.17) is 0 Å². The maximum atomic E-state index is 13.0. The van der Waals surface area contributed by atoms with E-state index in [0.717, 1.165) is 12.2 Å². The van der Waals surface area contributed by atoms with Crippen molar-refractivity contribution >= 4 is 6.29 Å². The van der Waals surface area contributed by atoms with Gasteiger partial charge in [0.05, 0.1) is 0 Å². The maximum absolute atomic E-state index is 13.0. The third-order valence-corrected chi connectivity index (χ3v) is 1.78. The highest BCUT2D eigenvalue weighted by molar-refractivity contribution is 5.78. The lowest BCUT2D eigenvalue weighted by molar-refractivity contribution is -0.211. The molecule has 1 aliphatic carbocycles. The van der Waals surface area contributed by atoms with Gasteiger partial charge in [0.2, 0.25) is 5.67 Å². The van der Waals surface area contributed by atoms with Gasteiger partial charge in [-0.2, -0.15) is 13.2 Å². The summed E-state index contributed by atoms with van der Waals surface area (Å²) >= 11 is 0. The van der Waals surface area contributed by atoms with Crippen LogP contribution < -0.4 is 0 Å². The van der Waals surface area contributed by atoms with E-state index in [1.807, 2.05) is 0 Å². The molecule has 0 spiro atoms. The molecule has 0 N–H and O–H groups in total. The fourth-order valence-corrected chi connectivity index (χ4v) is 0.928. The standard InChI is InChI=1S/C8H6F4O/c9-7(8(10,11)12)3-1-6(5-13)2-4-7/h1-3,5H,4H2. The molecule has 0 amide bonds. The molecule has 0 radical (unpaired) electrons. The number of aldehydes is 1. The third kappa shape index (κ3) is 1.79. The lowest BCUT2D eigenvalue weighted by atomic mass is 9.94. The van der Waals surface area contributed by atoms with Crippen molar-refractivity contribution in [1.82, 2.24) is 0 Å². The summed E-state index contributed by atoms with van der Waals surface area (Å²) in [6, 6.07) is 0. The van der Waals surface area contributed by atoms with Gasteiger partial charge in [-0.3, -0.25) is 4.79 Å². The summed E-state index contributed by atoms with van der Waals surface area (Å²) in [5.41, 5.74) is -3.25. The van der Waals surface area contributed by atoms with E-state index in [-0.39, 0.29) is 5.57 Å². The SMILES string of the molecule is O=CC1=CCC(F)(C(F)(F)F)C=C1. The van der Waals surface area contributed by atoms with E-state index < -0.39 is 18.3 Å². The van der Waals surface area contributed by atoms with Gasteiger partial charge in [-0.25, -0.2) is 4.39 Å². The van der Waals surface area contributed by atoms with E-state index >= 15 is 0 Å². The zero-order valence-electron chi connectivity index (χ0n) is 6.44. The number of rotatable bonds is 1. The summed E-state index contributed by atoms with van der Waals surface area (Å²) in [6.45, 7) is 0. The first-order valence-corrected chi connectivity index (χ1v) is 3.49. The van der Waals surface area contributed by atoms with Gasteiger partial charge in [0.1, 0.15) is 6.29 Å². The molecule has 1 atom stereocenters. The third-order valence-electron chi connectivity index (χ3n) is 1.78. The van der Waals surface area contributed by atoms with Gasteiger partial charge in [-0.15, -0.1) is 0 Å². The van der Waals surface area contributed by atoms with Crippen LogP contribution in [0.3, 0.4) is 0 Å². The molecule has 0 aliphatic heterocycles. The minimum absolute atomic E-state index is 0.0672. The summed E-state index contributed by atoms with van der Waals surface area (Å²) in [4.78, 5) is 10.1. The molecule has 5 heteroatoms. The van der Waals surface area contributed by atoms with Crippen molar-refractivity contribution in [2.45, 2.75) is 18.3 Å². The summed E-state index contributed by atoms with van der Waals surface area (Å²) in [5.74, 6) is 0. The molecular weight excluding hydrogens is 188 g/mol. The van der Waals surface area contributed by atoms with Crippen LogP contribution in [0, 0.1) is 0 Å². The molecule has 0 aromatic rings. The smallest absolute Gasteiger partial charge is 0.298 e. The van der Waals surface area contributed by atoms with Crippen molar-refractivity contribution in [2.24, 2.45) is 0 Å². The van der Waals surface area contributed by atoms with Crippen molar-refractivity contribution in [3.05, 3.63) is 23.8 Å². The Hall–Kier alpha value is -1.13. The molecule has 0 bridgehead atoms. The van der Waals surface area contributed by atoms with Gasteiger partial charge < -0.3 is 0 Å². The minimum Gasteiger partial charge on any atom is -0.298 e. The number of carbonyl (C=O) groups excluding carboxylic acids is 1. The topological polar surface area (TPSA) is 17.1 Å². The van der Waals surface area contributed by atoms with E-state index in [1.54, 1.807) is 0 Å². The number of hydrogen-bond donors (Lipinski definition) is 0. The van der Waals surface area contributed by atoms with Crippen LogP contribution >= 0.6 is 0 Å². The number of alkyl halides is 4. The number of hydrogen-bond acceptors (Lipinski definition) is 1. The lowest BCUT2D eigenvalue weighted by Gasteiger charge is -2.25. The molecular formula is C8H6F4O. The van der Waals surface area contributed by atoms with Gasteiger partial charge in [0, 0.05) is 12.0 Å². The Labute approximate surface area is 71.7 Å². The minimum atomic E-state index is -4.92. The first-order valence-electron chi connectivity index (χ1n) is 3.49. The van der Waals surface area contributed by atoms with E-state index in [1.165, 1.54) is 0 Å². The Kier molecular flexibility index (Phi) is 2.28. The van der Waals surface area contributed by atoms with Crippen LogP contribution in [-0.2, 0) is 4.79 Å². The van der Waals surface area contributed by atoms with Gasteiger partial charge in [0.15, 0.2) is 0 Å². The van der Waals surface area contributed by atoms with Gasteiger partial charge in [-0.05, 0) is 6.08 Å². The Morgan fingerprint density at radius 1 is 1.46 bits per heavy atom. The number of allylic oxidation sites excluding steroid dienone is 4. The van der Waals surface area contributed by atoms with E-state index in [2.05, 4.69) is 0 Å². The Morgan fingerprint density at radius 2 is 2.08 bits per heavy atom. The van der Waals surface area contributed by atoms with Crippen LogP contribution in [0.15, 0.2) is 23.8 Å². The van der Waals surface area contributed by atoms with Crippen LogP contribution in [0.1, 0.15) is 6.42 Å². The molecule has 1 aliphatic rings. The van der Waals surface area contributed by atoms with Crippen molar-refractivity contribution in [1.29, 1.82) is 0 Å². The van der Waals surface area contributed by atoms with E-state index in [9.17, 15) is 22.4 Å². The van der Waals surface area contributed by atoms with Crippen LogP contribution in [0.5, 0.6) is 0 Å². The highest BCUT2D eigenvalue weighted by atomic mass is 19.4. The Morgan fingerprint density at radius 3 is 2.38 bits per heavy atom. The monoisotopic (exact) mass is 194 g/mol. The average molecular weight is 194 g/mol.